The predicted octanol–water partition coefficient (Wildman–Crippen LogP) is 4.23. The third-order valence-corrected chi connectivity index (χ3v) is 6.73. The number of anilines is 1. The number of aromatic amines is 1. The van der Waals surface area contributed by atoms with Crippen LogP contribution in [0.5, 0.6) is 0 Å². The molecule has 3 heterocycles. The second-order valence-corrected chi connectivity index (χ2v) is 9.20. The molecule has 1 N–H and O–H groups in total. The molecule has 1 fully saturated rings. The summed E-state index contributed by atoms with van der Waals surface area (Å²) in [4.78, 5) is 37.4. The van der Waals surface area contributed by atoms with Crippen molar-refractivity contribution in [2.24, 2.45) is 0 Å². The first-order valence-corrected chi connectivity index (χ1v) is 11.6. The number of halogens is 2. The minimum Gasteiger partial charge on any atom is -0.367 e. The van der Waals surface area contributed by atoms with Gasteiger partial charge in [0.05, 0.1) is 17.0 Å². The molecule has 0 spiro atoms. The van der Waals surface area contributed by atoms with Gasteiger partial charge in [-0.3, -0.25) is 14.2 Å². The number of rotatable bonds is 4. The van der Waals surface area contributed by atoms with Gasteiger partial charge in [0.25, 0.3) is 5.56 Å². The van der Waals surface area contributed by atoms with Crippen LogP contribution in [0.4, 0.5) is 5.69 Å². The highest BCUT2D eigenvalue weighted by Crippen LogP contribution is 2.29. The Labute approximate surface area is 200 Å². The lowest BCUT2D eigenvalue weighted by Crippen LogP contribution is -2.49. The Morgan fingerprint density at radius 2 is 1.88 bits per heavy atom. The molecule has 1 amide bonds. The van der Waals surface area contributed by atoms with E-state index in [1.807, 2.05) is 36.1 Å². The van der Waals surface area contributed by atoms with Gasteiger partial charge >= 0.3 is 0 Å². The van der Waals surface area contributed by atoms with E-state index >= 15 is 0 Å². The SMILES string of the molecule is Cc1ccc2c(c1)[nH]c1c(=O)n(CCC(=O)N3CCN(c4cc(Cl)ccc4Cl)CC3)cnc12. The Morgan fingerprint density at radius 3 is 2.67 bits per heavy atom. The van der Waals surface area contributed by atoms with Gasteiger partial charge in [0.15, 0.2) is 0 Å². The van der Waals surface area contributed by atoms with E-state index in [-0.39, 0.29) is 24.4 Å². The van der Waals surface area contributed by atoms with E-state index in [2.05, 4.69) is 14.9 Å². The van der Waals surface area contributed by atoms with Crippen molar-refractivity contribution in [2.75, 3.05) is 31.1 Å². The van der Waals surface area contributed by atoms with Crippen LogP contribution in [0.1, 0.15) is 12.0 Å². The minimum atomic E-state index is -0.165. The molecule has 5 rings (SSSR count). The molecule has 33 heavy (non-hydrogen) atoms. The van der Waals surface area contributed by atoms with Crippen LogP contribution in [0, 0.1) is 6.92 Å². The highest BCUT2D eigenvalue weighted by molar-refractivity contribution is 6.35. The lowest BCUT2D eigenvalue weighted by Gasteiger charge is -2.36. The number of nitrogens with zero attached hydrogens (tertiary/aromatic N) is 4. The van der Waals surface area contributed by atoms with Crippen molar-refractivity contribution in [1.29, 1.82) is 0 Å². The van der Waals surface area contributed by atoms with Crippen molar-refractivity contribution in [3.8, 4) is 0 Å². The topological polar surface area (TPSA) is 74.2 Å². The maximum Gasteiger partial charge on any atom is 0.277 e. The van der Waals surface area contributed by atoms with E-state index in [0.717, 1.165) is 22.2 Å². The maximum atomic E-state index is 13.0. The number of aryl methyl sites for hydroxylation is 2. The number of carbonyl (C=O) groups excluding carboxylic acids is 1. The Balaban J connectivity index is 1.25. The summed E-state index contributed by atoms with van der Waals surface area (Å²) in [6.45, 7) is 4.83. The number of H-pyrrole nitrogens is 1. The molecule has 7 nitrogen and oxygen atoms in total. The van der Waals surface area contributed by atoms with Gasteiger partial charge in [0, 0.05) is 55.1 Å². The monoisotopic (exact) mass is 483 g/mol. The Morgan fingerprint density at radius 1 is 1.09 bits per heavy atom. The van der Waals surface area contributed by atoms with Crippen LogP contribution < -0.4 is 10.5 Å². The lowest BCUT2D eigenvalue weighted by atomic mass is 10.2. The number of carbonyl (C=O) groups is 1. The molecule has 0 saturated carbocycles. The van der Waals surface area contributed by atoms with Crippen molar-refractivity contribution in [3.63, 3.8) is 0 Å². The van der Waals surface area contributed by atoms with Gasteiger partial charge in [-0.2, -0.15) is 0 Å². The highest BCUT2D eigenvalue weighted by Gasteiger charge is 2.23. The first-order chi connectivity index (χ1) is 15.9. The van der Waals surface area contributed by atoms with Gasteiger partial charge in [-0.25, -0.2) is 4.98 Å². The van der Waals surface area contributed by atoms with E-state index < -0.39 is 0 Å². The average molecular weight is 484 g/mol. The molecule has 4 aromatic rings. The van der Waals surface area contributed by atoms with Crippen LogP contribution in [0.2, 0.25) is 10.0 Å². The summed E-state index contributed by atoms with van der Waals surface area (Å²) in [5.74, 6) is 0.0195. The summed E-state index contributed by atoms with van der Waals surface area (Å²) in [5.41, 5.74) is 3.85. The molecular formula is C24H23Cl2N5O2. The smallest absolute Gasteiger partial charge is 0.277 e. The summed E-state index contributed by atoms with van der Waals surface area (Å²) in [6.07, 6.45) is 1.77. The molecule has 170 valence electrons. The van der Waals surface area contributed by atoms with Gasteiger partial charge in [-0.1, -0.05) is 35.3 Å². The van der Waals surface area contributed by atoms with E-state index in [9.17, 15) is 9.59 Å². The molecule has 0 radical (unpaired) electrons. The molecule has 9 heteroatoms. The number of nitrogens with one attached hydrogen (secondary N) is 1. The van der Waals surface area contributed by atoms with Crippen LogP contribution in [-0.4, -0.2) is 51.5 Å². The molecule has 2 aromatic carbocycles. The first-order valence-electron chi connectivity index (χ1n) is 10.9. The molecule has 0 unspecified atom stereocenters. The molecule has 1 aliphatic heterocycles. The first kappa shape index (κ1) is 21.8. The number of benzene rings is 2. The molecule has 0 aliphatic carbocycles. The van der Waals surface area contributed by atoms with E-state index in [0.29, 0.717) is 47.3 Å². The van der Waals surface area contributed by atoms with E-state index in [1.54, 1.807) is 12.1 Å². The summed E-state index contributed by atoms with van der Waals surface area (Å²) in [7, 11) is 0. The largest absolute Gasteiger partial charge is 0.367 e. The molecule has 1 aliphatic rings. The predicted molar refractivity (Wildman–Crippen MR) is 132 cm³/mol. The number of amides is 1. The van der Waals surface area contributed by atoms with Gasteiger partial charge < -0.3 is 14.8 Å². The summed E-state index contributed by atoms with van der Waals surface area (Å²) in [6, 6.07) is 11.4. The zero-order valence-corrected chi connectivity index (χ0v) is 19.7. The van der Waals surface area contributed by atoms with Crippen molar-refractivity contribution < 1.29 is 4.79 Å². The minimum absolute atomic E-state index is 0.0195. The number of hydrogen-bond acceptors (Lipinski definition) is 4. The Hall–Kier alpha value is -3.03. The summed E-state index contributed by atoms with van der Waals surface area (Å²) < 4.78 is 1.50. The van der Waals surface area contributed by atoms with Gasteiger partial charge in [0.2, 0.25) is 5.91 Å². The third-order valence-electron chi connectivity index (χ3n) is 6.18. The number of fused-ring (bicyclic) bond motifs is 3. The standard InChI is InChI=1S/C24H23Cl2N5O2/c1-15-2-4-17-19(12-15)28-23-22(17)27-14-31(24(23)33)7-6-21(32)30-10-8-29(9-11-30)20-13-16(25)3-5-18(20)26/h2-5,12-14,28H,6-11H2,1H3. The van der Waals surface area contributed by atoms with Gasteiger partial charge in [-0.05, 0) is 36.8 Å². The molecular weight excluding hydrogens is 461 g/mol. The maximum absolute atomic E-state index is 13.0. The zero-order chi connectivity index (χ0) is 23.1. The fourth-order valence-corrected chi connectivity index (χ4v) is 4.77. The van der Waals surface area contributed by atoms with Crippen LogP contribution in [0.25, 0.3) is 21.9 Å². The normalized spacial score (nSPS) is 14.4. The van der Waals surface area contributed by atoms with Crippen molar-refractivity contribution in [3.05, 3.63) is 68.7 Å². The van der Waals surface area contributed by atoms with Gasteiger partial charge in [-0.15, -0.1) is 0 Å². The summed E-state index contributed by atoms with van der Waals surface area (Å²) in [5, 5.41) is 2.20. The number of hydrogen-bond donors (Lipinski definition) is 1. The van der Waals surface area contributed by atoms with Crippen molar-refractivity contribution in [2.45, 2.75) is 19.9 Å². The molecule has 2 aromatic heterocycles. The third kappa shape index (κ3) is 4.18. The summed E-state index contributed by atoms with van der Waals surface area (Å²) >= 11 is 12.4. The fourth-order valence-electron chi connectivity index (χ4n) is 4.37. The second kappa shape index (κ2) is 8.72. The van der Waals surface area contributed by atoms with E-state index in [1.165, 1.54) is 10.9 Å². The van der Waals surface area contributed by atoms with Crippen LogP contribution in [-0.2, 0) is 11.3 Å². The second-order valence-electron chi connectivity index (χ2n) is 8.35. The number of piperazine rings is 1. The Kier molecular flexibility index (Phi) is 5.76. The van der Waals surface area contributed by atoms with Crippen molar-refractivity contribution >= 4 is 56.7 Å². The van der Waals surface area contributed by atoms with Crippen molar-refractivity contribution in [1.82, 2.24) is 19.4 Å². The lowest BCUT2D eigenvalue weighted by molar-refractivity contribution is -0.131. The van der Waals surface area contributed by atoms with Crippen LogP contribution in [0.15, 0.2) is 47.5 Å². The number of aromatic nitrogens is 3. The highest BCUT2D eigenvalue weighted by atomic mass is 35.5. The quantitative estimate of drug-likeness (QED) is 0.471. The molecule has 0 bridgehead atoms. The molecule has 1 saturated heterocycles. The van der Waals surface area contributed by atoms with E-state index in [4.69, 9.17) is 23.2 Å². The van der Waals surface area contributed by atoms with Crippen LogP contribution in [0.3, 0.4) is 0 Å². The fraction of sp³-hybridized carbons (Fsp3) is 0.292. The Bertz CT molecular complexity index is 1420. The zero-order valence-electron chi connectivity index (χ0n) is 18.1. The molecule has 0 atom stereocenters. The average Bonchev–Trinajstić information content (AvgIpc) is 3.18. The van der Waals surface area contributed by atoms with Crippen LogP contribution >= 0.6 is 23.2 Å². The van der Waals surface area contributed by atoms with Gasteiger partial charge in [0.1, 0.15) is 11.0 Å².